The van der Waals surface area contributed by atoms with Gasteiger partial charge in [0.25, 0.3) is 0 Å². The molecular formula is C11H12ClF3N2OS. The maximum absolute atomic E-state index is 12.4. The average Bonchev–Trinajstić information content (AvgIpc) is 2.31. The van der Waals surface area contributed by atoms with Gasteiger partial charge in [-0.25, -0.2) is 4.98 Å². The summed E-state index contributed by atoms with van der Waals surface area (Å²) in [5.74, 6) is 0.466. The summed E-state index contributed by atoms with van der Waals surface area (Å²) in [6.07, 6.45) is -0.974. The zero-order valence-corrected chi connectivity index (χ0v) is 11.6. The highest BCUT2D eigenvalue weighted by atomic mass is 35.5. The van der Waals surface area contributed by atoms with Crippen LogP contribution in [0.25, 0.3) is 0 Å². The lowest BCUT2D eigenvalue weighted by molar-refractivity contribution is -0.137. The first-order valence-electron chi connectivity index (χ1n) is 5.36. The molecule has 0 aliphatic carbocycles. The summed E-state index contributed by atoms with van der Waals surface area (Å²) < 4.78 is 37.1. The number of amides is 1. The van der Waals surface area contributed by atoms with Crippen molar-refractivity contribution in [2.45, 2.75) is 19.0 Å². The number of rotatable bonds is 5. The fourth-order valence-electron chi connectivity index (χ4n) is 1.26. The van der Waals surface area contributed by atoms with Crippen LogP contribution < -0.4 is 5.32 Å². The van der Waals surface area contributed by atoms with Crippen LogP contribution in [0.2, 0.25) is 5.02 Å². The lowest BCUT2D eigenvalue weighted by Gasteiger charge is -2.09. The van der Waals surface area contributed by atoms with Crippen LogP contribution in [0.3, 0.4) is 0 Å². The Labute approximate surface area is 117 Å². The molecule has 0 spiro atoms. The summed E-state index contributed by atoms with van der Waals surface area (Å²) in [7, 11) is 0. The molecule has 0 fully saturated rings. The van der Waals surface area contributed by atoms with Crippen LogP contribution in [-0.4, -0.2) is 22.9 Å². The third kappa shape index (κ3) is 5.28. The van der Waals surface area contributed by atoms with Crippen LogP contribution in [0.4, 0.5) is 19.0 Å². The van der Waals surface area contributed by atoms with Gasteiger partial charge in [-0.3, -0.25) is 4.79 Å². The topological polar surface area (TPSA) is 42.0 Å². The standard InChI is InChI=1S/C11H12ClF3N2OS/c1-19-4-2-3-9(18)17-10-8(12)5-7(6-16-10)11(13,14)15/h5-6H,2-4H2,1H3,(H,16,17,18). The number of pyridine rings is 1. The number of thioether (sulfide) groups is 1. The average molecular weight is 313 g/mol. The van der Waals surface area contributed by atoms with E-state index in [-0.39, 0.29) is 23.2 Å². The van der Waals surface area contributed by atoms with Crippen molar-refractivity contribution in [3.8, 4) is 0 Å². The van der Waals surface area contributed by atoms with Gasteiger partial charge in [0.1, 0.15) is 0 Å². The van der Waals surface area contributed by atoms with E-state index in [1.165, 1.54) is 0 Å². The molecule has 1 heterocycles. The second-order valence-corrected chi connectivity index (χ2v) is 5.09. The highest BCUT2D eigenvalue weighted by molar-refractivity contribution is 7.98. The van der Waals surface area contributed by atoms with Gasteiger partial charge in [0.2, 0.25) is 5.91 Å². The van der Waals surface area contributed by atoms with Crippen molar-refractivity contribution in [1.82, 2.24) is 4.98 Å². The highest BCUT2D eigenvalue weighted by Gasteiger charge is 2.31. The summed E-state index contributed by atoms with van der Waals surface area (Å²) in [6.45, 7) is 0. The van der Waals surface area contributed by atoms with Crippen molar-refractivity contribution in [2.75, 3.05) is 17.3 Å². The van der Waals surface area contributed by atoms with E-state index in [0.717, 1.165) is 11.8 Å². The SMILES string of the molecule is CSCCCC(=O)Nc1ncc(C(F)(F)F)cc1Cl. The maximum atomic E-state index is 12.4. The number of anilines is 1. The van der Waals surface area contributed by atoms with Crippen LogP contribution in [0.15, 0.2) is 12.3 Å². The molecule has 0 aliphatic heterocycles. The highest BCUT2D eigenvalue weighted by Crippen LogP contribution is 2.32. The lowest BCUT2D eigenvalue weighted by atomic mass is 10.2. The summed E-state index contributed by atoms with van der Waals surface area (Å²) >= 11 is 7.27. The second kappa shape index (κ2) is 7.00. The third-order valence-corrected chi connectivity index (χ3v) is 3.16. The molecule has 0 radical (unpaired) electrons. The number of hydrogen-bond donors (Lipinski definition) is 1. The van der Waals surface area contributed by atoms with Crippen LogP contribution in [0.1, 0.15) is 18.4 Å². The smallest absolute Gasteiger partial charge is 0.309 e. The van der Waals surface area contributed by atoms with Crippen molar-refractivity contribution >= 4 is 35.1 Å². The van der Waals surface area contributed by atoms with Gasteiger partial charge in [-0.05, 0) is 24.5 Å². The molecule has 0 aliphatic rings. The monoisotopic (exact) mass is 312 g/mol. The Kier molecular flexibility index (Phi) is 5.93. The van der Waals surface area contributed by atoms with Gasteiger partial charge in [0.15, 0.2) is 5.82 Å². The number of carbonyl (C=O) groups excluding carboxylic acids is 1. The van der Waals surface area contributed by atoms with Crippen LogP contribution >= 0.6 is 23.4 Å². The summed E-state index contributed by atoms with van der Waals surface area (Å²) in [5.41, 5.74) is -0.946. The molecule has 1 amide bonds. The third-order valence-electron chi connectivity index (χ3n) is 2.18. The lowest BCUT2D eigenvalue weighted by Crippen LogP contribution is -2.14. The molecular weight excluding hydrogens is 301 g/mol. The van der Waals surface area contributed by atoms with Crippen LogP contribution in [0.5, 0.6) is 0 Å². The van der Waals surface area contributed by atoms with Gasteiger partial charge in [-0.1, -0.05) is 11.6 Å². The Hall–Kier alpha value is -0.950. The van der Waals surface area contributed by atoms with E-state index in [1.54, 1.807) is 11.8 Å². The molecule has 19 heavy (non-hydrogen) atoms. The molecule has 3 nitrogen and oxygen atoms in total. The Morgan fingerprint density at radius 2 is 2.21 bits per heavy atom. The van der Waals surface area contributed by atoms with E-state index < -0.39 is 11.7 Å². The normalized spacial score (nSPS) is 11.4. The van der Waals surface area contributed by atoms with Gasteiger partial charge in [0, 0.05) is 12.6 Å². The van der Waals surface area contributed by atoms with E-state index in [2.05, 4.69) is 10.3 Å². The first-order chi connectivity index (χ1) is 8.84. The van der Waals surface area contributed by atoms with E-state index in [9.17, 15) is 18.0 Å². The molecule has 1 rings (SSSR count). The molecule has 0 aromatic carbocycles. The van der Waals surface area contributed by atoms with E-state index >= 15 is 0 Å². The van der Waals surface area contributed by atoms with Crippen molar-refractivity contribution in [3.63, 3.8) is 0 Å². The molecule has 0 bridgehead atoms. The number of aromatic nitrogens is 1. The number of alkyl halides is 3. The molecule has 106 valence electrons. The quantitative estimate of drug-likeness (QED) is 0.840. The zero-order valence-electron chi connectivity index (χ0n) is 10.1. The molecule has 0 saturated carbocycles. The molecule has 8 heteroatoms. The zero-order chi connectivity index (χ0) is 14.5. The van der Waals surface area contributed by atoms with Gasteiger partial charge in [-0.2, -0.15) is 24.9 Å². The Bertz CT molecular complexity index is 454. The molecule has 1 N–H and O–H groups in total. The number of hydrogen-bond acceptors (Lipinski definition) is 3. The van der Waals surface area contributed by atoms with E-state index in [1.807, 2.05) is 6.26 Å². The van der Waals surface area contributed by atoms with Gasteiger partial charge >= 0.3 is 6.18 Å². The number of carbonyl (C=O) groups is 1. The molecule has 1 aromatic rings. The molecule has 0 saturated heterocycles. The number of halogens is 4. The Morgan fingerprint density at radius 3 is 2.74 bits per heavy atom. The largest absolute Gasteiger partial charge is 0.417 e. The molecule has 0 unspecified atom stereocenters. The summed E-state index contributed by atoms with van der Waals surface area (Å²) in [4.78, 5) is 15.0. The predicted octanol–water partition coefficient (Wildman–Crippen LogP) is 3.84. The summed E-state index contributed by atoms with van der Waals surface area (Å²) in [5, 5.41) is 2.16. The molecule has 1 aromatic heterocycles. The van der Waals surface area contributed by atoms with Crippen molar-refractivity contribution in [1.29, 1.82) is 0 Å². The minimum Gasteiger partial charge on any atom is -0.309 e. The van der Waals surface area contributed by atoms with E-state index in [0.29, 0.717) is 12.6 Å². The fourth-order valence-corrected chi connectivity index (χ4v) is 1.90. The van der Waals surface area contributed by atoms with E-state index in [4.69, 9.17) is 11.6 Å². The van der Waals surface area contributed by atoms with Crippen molar-refractivity contribution < 1.29 is 18.0 Å². The second-order valence-electron chi connectivity index (χ2n) is 3.70. The first kappa shape index (κ1) is 16.1. The number of nitrogens with one attached hydrogen (secondary N) is 1. The minimum atomic E-state index is -4.50. The fraction of sp³-hybridized carbons (Fsp3) is 0.455. The molecule has 0 atom stereocenters. The summed E-state index contributed by atoms with van der Waals surface area (Å²) in [6, 6.07) is 0.742. The van der Waals surface area contributed by atoms with Crippen LogP contribution in [0, 0.1) is 0 Å². The maximum Gasteiger partial charge on any atom is 0.417 e. The number of nitrogens with zero attached hydrogens (tertiary/aromatic N) is 1. The van der Waals surface area contributed by atoms with Gasteiger partial charge in [0.05, 0.1) is 10.6 Å². The van der Waals surface area contributed by atoms with Gasteiger partial charge < -0.3 is 5.32 Å². The minimum absolute atomic E-state index is 0.0520. The first-order valence-corrected chi connectivity index (χ1v) is 7.13. The van der Waals surface area contributed by atoms with Gasteiger partial charge in [-0.15, -0.1) is 0 Å². The van der Waals surface area contributed by atoms with Crippen molar-refractivity contribution in [3.05, 3.63) is 22.8 Å². The Morgan fingerprint density at radius 1 is 1.53 bits per heavy atom. The predicted molar refractivity (Wildman–Crippen MR) is 70.5 cm³/mol. The van der Waals surface area contributed by atoms with Crippen LogP contribution in [-0.2, 0) is 11.0 Å². The Balaban J connectivity index is 2.67. The van der Waals surface area contributed by atoms with Crippen molar-refractivity contribution in [2.24, 2.45) is 0 Å².